The quantitative estimate of drug-likeness (QED) is 0.529. The van der Waals surface area contributed by atoms with Crippen molar-refractivity contribution in [2.24, 2.45) is 0 Å². The number of nitrogens with zero attached hydrogens (tertiary/aromatic N) is 1. The SMILES string of the molecule is CCOC(=O)c1cccnc1NC(=O)CCCOc1ccc(Cl)cc1Cl. The standard InChI is InChI=1S/C18H18Cl2N2O4/c1-2-25-18(24)13-5-3-9-21-17(13)22-16(23)6-4-10-26-15-8-7-12(19)11-14(15)20/h3,5,7-9,11H,2,4,6,10H2,1H3,(H,21,22,23). The number of amides is 1. The molecule has 0 aliphatic rings. The smallest absolute Gasteiger partial charge is 0.341 e. The highest BCUT2D eigenvalue weighted by Crippen LogP contribution is 2.27. The van der Waals surface area contributed by atoms with Gasteiger partial charge in [0.1, 0.15) is 17.1 Å². The zero-order valence-electron chi connectivity index (χ0n) is 14.1. The number of pyridine rings is 1. The molecule has 138 valence electrons. The molecule has 6 nitrogen and oxygen atoms in total. The average molecular weight is 397 g/mol. The summed E-state index contributed by atoms with van der Waals surface area (Å²) in [5.41, 5.74) is 0.215. The van der Waals surface area contributed by atoms with Crippen LogP contribution in [0, 0.1) is 0 Å². The predicted molar refractivity (Wildman–Crippen MR) is 100 cm³/mol. The van der Waals surface area contributed by atoms with Gasteiger partial charge in [0.25, 0.3) is 0 Å². The van der Waals surface area contributed by atoms with Crippen molar-refractivity contribution >= 4 is 40.9 Å². The van der Waals surface area contributed by atoms with E-state index in [2.05, 4.69) is 10.3 Å². The molecular weight excluding hydrogens is 379 g/mol. The number of esters is 1. The molecule has 0 atom stereocenters. The van der Waals surface area contributed by atoms with Crippen LogP contribution in [-0.4, -0.2) is 30.1 Å². The molecule has 1 aromatic heterocycles. The van der Waals surface area contributed by atoms with Crippen LogP contribution in [-0.2, 0) is 9.53 Å². The molecule has 26 heavy (non-hydrogen) atoms. The van der Waals surface area contributed by atoms with Crippen molar-refractivity contribution in [3.05, 3.63) is 52.1 Å². The van der Waals surface area contributed by atoms with E-state index in [-0.39, 0.29) is 30.3 Å². The monoisotopic (exact) mass is 396 g/mol. The van der Waals surface area contributed by atoms with Crippen molar-refractivity contribution in [3.63, 3.8) is 0 Å². The first kappa shape index (κ1) is 20.0. The molecule has 0 fully saturated rings. The zero-order valence-corrected chi connectivity index (χ0v) is 15.6. The summed E-state index contributed by atoms with van der Waals surface area (Å²) < 4.78 is 10.5. The Morgan fingerprint density at radius 2 is 2.04 bits per heavy atom. The van der Waals surface area contributed by atoms with E-state index < -0.39 is 5.97 Å². The van der Waals surface area contributed by atoms with E-state index in [0.717, 1.165) is 0 Å². The van der Waals surface area contributed by atoms with E-state index in [1.54, 1.807) is 37.3 Å². The van der Waals surface area contributed by atoms with Gasteiger partial charge in [0.05, 0.1) is 18.2 Å². The number of hydrogen-bond acceptors (Lipinski definition) is 5. The molecule has 8 heteroatoms. The third kappa shape index (κ3) is 5.89. The third-order valence-corrected chi connectivity index (χ3v) is 3.79. The zero-order chi connectivity index (χ0) is 18.9. The van der Waals surface area contributed by atoms with Gasteiger partial charge in [0.2, 0.25) is 5.91 Å². The number of carbonyl (C=O) groups is 2. The highest BCUT2D eigenvalue weighted by Gasteiger charge is 2.15. The maximum absolute atomic E-state index is 12.1. The van der Waals surface area contributed by atoms with E-state index in [4.69, 9.17) is 32.7 Å². The van der Waals surface area contributed by atoms with Gasteiger partial charge < -0.3 is 14.8 Å². The molecule has 0 bridgehead atoms. The summed E-state index contributed by atoms with van der Waals surface area (Å²) in [6.45, 7) is 2.26. The van der Waals surface area contributed by atoms with Crippen molar-refractivity contribution in [1.82, 2.24) is 4.98 Å². The normalized spacial score (nSPS) is 10.3. The van der Waals surface area contributed by atoms with Gasteiger partial charge in [-0.05, 0) is 43.7 Å². The lowest BCUT2D eigenvalue weighted by atomic mass is 10.2. The third-order valence-electron chi connectivity index (χ3n) is 3.26. The molecule has 0 radical (unpaired) electrons. The molecule has 2 aromatic rings. The van der Waals surface area contributed by atoms with E-state index >= 15 is 0 Å². The summed E-state index contributed by atoms with van der Waals surface area (Å²) in [6.07, 6.45) is 2.15. The second kappa shape index (κ2) is 9.99. The Labute approximate surface area is 161 Å². The fourth-order valence-electron chi connectivity index (χ4n) is 2.08. The van der Waals surface area contributed by atoms with Gasteiger partial charge in [-0.15, -0.1) is 0 Å². The molecular formula is C18H18Cl2N2O4. The van der Waals surface area contributed by atoms with Gasteiger partial charge in [-0.3, -0.25) is 4.79 Å². The second-order valence-electron chi connectivity index (χ2n) is 5.19. The fraction of sp³-hybridized carbons (Fsp3) is 0.278. The number of hydrogen-bond donors (Lipinski definition) is 1. The number of aromatic nitrogens is 1. The molecule has 0 spiro atoms. The molecule has 0 aliphatic carbocycles. The van der Waals surface area contributed by atoms with Crippen LogP contribution in [0.25, 0.3) is 0 Å². The molecule has 0 aliphatic heterocycles. The lowest BCUT2D eigenvalue weighted by Crippen LogP contribution is -2.17. The number of anilines is 1. The molecule has 0 unspecified atom stereocenters. The minimum absolute atomic E-state index is 0.178. The number of ether oxygens (including phenoxy) is 2. The predicted octanol–water partition coefficient (Wildman–Crippen LogP) is 4.36. The topological polar surface area (TPSA) is 77.5 Å². The van der Waals surface area contributed by atoms with Crippen LogP contribution in [0.5, 0.6) is 5.75 Å². The lowest BCUT2D eigenvalue weighted by Gasteiger charge is -2.10. The highest BCUT2D eigenvalue weighted by atomic mass is 35.5. The van der Waals surface area contributed by atoms with Crippen LogP contribution in [0.2, 0.25) is 10.0 Å². The molecule has 1 amide bonds. The van der Waals surface area contributed by atoms with E-state index in [9.17, 15) is 9.59 Å². The number of carbonyl (C=O) groups excluding carboxylic acids is 2. The first-order valence-electron chi connectivity index (χ1n) is 8.01. The molecule has 0 saturated carbocycles. The van der Waals surface area contributed by atoms with E-state index in [1.165, 1.54) is 6.20 Å². The fourth-order valence-corrected chi connectivity index (χ4v) is 2.54. The van der Waals surface area contributed by atoms with Crippen LogP contribution >= 0.6 is 23.2 Å². The van der Waals surface area contributed by atoms with Crippen LogP contribution < -0.4 is 10.1 Å². The van der Waals surface area contributed by atoms with Crippen LogP contribution in [0.15, 0.2) is 36.5 Å². The van der Waals surface area contributed by atoms with Gasteiger partial charge >= 0.3 is 5.97 Å². The van der Waals surface area contributed by atoms with Crippen molar-refractivity contribution in [2.75, 3.05) is 18.5 Å². The number of benzene rings is 1. The highest BCUT2D eigenvalue weighted by molar-refractivity contribution is 6.35. The minimum atomic E-state index is -0.531. The van der Waals surface area contributed by atoms with Crippen molar-refractivity contribution in [1.29, 1.82) is 0 Å². The summed E-state index contributed by atoms with van der Waals surface area (Å²) in [5.74, 6) is -0.125. The summed E-state index contributed by atoms with van der Waals surface area (Å²) in [6, 6.07) is 8.08. The Morgan fingerprint density at radius 3 is 2.77 bits per heavy atom. The first-order chi connectivity index (χ1) is 12.5. The Kier molecular flexibility index (Phi) is 7.69. The largest absolute Gasteiger partial charge is 0.492 e. The maximum Gasteiger partial charge on any atom is 0.341 e. The van der Waals surface area contributed by atoms with Gasteiger partial charge in [0.15, 0.2) is 0 Å². The molecule has 0 saturated heterocycles. The first-order valence-corrected chi connectivity index (χ1v) is 8.76. The van der Waals surface area contributed by atoms with Gasteiger partial charge in [-0.1, -0.05) is 23.2 Å². The van der Waals surface area contributed by atoms with Gasteiger partial charge in [0, 0.05) is 17.6 Å². The van der Waals surface area contributed by atoms with Gasteiger partial charge in [-0.25, -0.2) is 9.78 Å². The summed E-state index contributed by atoms with van der Waals surface area (Å²) in [4.78, 5) is 28.0. The van der Waals surface area contributed by atoms with E-state index in [1.807, 2.05) is 0 Å². The Morgan fingerprint density at radius 1 is 1.23 bits per heavy atom. The molecule has 1 N–H and O–H groups in total. The van der Waals surface area contributed by atoms with Crippen molar-refractivity contribution in [2.45, 2.75) is 19.8 Å². The lowest BCUT2D eigenvalue weighted by molar-refractivity contribution is -0.116. The Bertz CT molecular complexity index is 784. The summed E-state index contributed by atoms with van der Waals surface area (Å²) in [5, 5.41) is 3.55. The van der Waals surface area contributed by atoms with Crippen LogP contribution in [0.4, 0.5) is 5.82 Å². The second-order valence-corrected chi connectivity index (χ2v) is 6.04. The Hall–Kier alpha value is -2.31. The number of rotatable bonds is 8. The molecule has 1 aromatic carbocycles. The molecule has 2 rings (SSSR count). The van der Waals surface area contributed by atoms with Crippen LogP contribution in [0.3, 0.4) is 0 Å². The van der Waals surface area contributed by atoms with Gasteiger partial charge in [-0.2, -0.15) is 0 Å². The summed E-state index contributed by atoms with van der Waals surface area (Å²) in [7, 11) is 0. The van der Waals surface area contributed by atoms with E-state index in [0.29, 0.717) is 28.8 Å². The Balaban J connectivity index is 1.83. The minimum Gasteiger partial charge on any atom is -0.492 e. The summed E-state index contributed by atoms with van der Waals surface area (Å²) >= 11 is 11.8. The number of halogens is 2. The maximum atomic E-state index is 12.1. The van der Waals surface area contributed by atoms with Crippen LogP contribution in [0.1, 0.15) is 30.1 Å². The number of nitrogens with one attached hydrogen (secondary N) is 1. The van der Waals surface area contributed by atoms with Crippen molar-refractivity contribution in [3.8, 4) is 5.75 Å². The average Bonchev–Trinajstić information content (AvgIpc) is 2.61. The molecule has 1 heterocycles. The van der Waals surface area contributed by atoms with Crippen molar-refractivity contribution < 1.29 is 19.1 Å².